The number of ether oxygens (including phenoxy) is 3. The number of carbonyl (C=O) groups excluding carboxylic acids is 1. The summed E-state index contributed by atoms with van der Waals surface area (Å²) in [6.07, 6.45) is 4.41. The van der Waals surface area contributed by atoms with Crippen molar-refractivity contribution in [2.45, 2.75) is 24.8 Å². The van der Waals surface area contributed by atoms with E-state index in [-0.39, 0.29) is 24.0 Å². The number of nitrogens with zero attached hydrogens (tertiary/aromatic N) is 3. The number of hydrogen-bond donors (Lipinski definition) is 2. The normalized spacial score (nSPS) is 16.9. The Balaban J connectivity index is 1.36. The van der Waals surface area contributed by atoms with Crippen molar-refractivity contribution in [1.29, 1.82) is 0 Å². The molecule has 2 fully saturated rings. The van der Waals surface area contributed by atoms with Crippen molar-refractivity contribution in [1.82, 2.24) is 4.98 Å². The number of rotatable bonds is 9. The van der Waals surface area contributed by atoms with E-state index in [0.29, 0.717) is 43.1 Å². The number of nitrogens with one attached hydrogen (secondary N) is 2. The van der Waals surface area contributed by atoms with E-state index in [1.807, 2.05) is 24.3 Å². The molecule has 3 aromatic rings. The van der Waals surface area contributed by atoms with Gasteiger partial charge in [0.2, 0.25) is 5.91 Å². The number of amides is 1. The van der Waals surface area contributed by atoms with E-state index in [1.54, 1.807) is 12.3 Å². The lowest BCUT2D eigenvalue weighted by atomic mass is 9.86. The van der Waals surface area contributed by atoms with Crippen LogP contribution in [0, 0.1) is 11.6 Å². The number of aromatic nitrogens is 1. The monoisotopic (exact) mass is 589 g/mol. The van der Waals surface area contributed by atoms with Gasteiger partial charge in [0.05, 0.1) is 50.8 Å². The molecule has 1 amide bonds. The fourth-order valence-corrected chi connectivity index (χ4v) is 5.76. The lowest BCUT2D eigenvalue weighted by Crippen LogP contribution is -2.45. The van der Waals surface area contributed by atoms with E-state index in [2.05, 4.69) is 33.7 Å². The zero-order valence-corrected chi connectivity index (χ0v) is 24.1. The highest BCUT2D eigenvalue weighted by molar-refractivity contribution is 6.05. The molecule has 2 aliphatic heterocycles. The van der Waals surface area contributed by atoms with Gasteiger partial charge in [0.15, 0.2) is 23.1 Å². The van der Waals surface area contributed by atoms with Crippen LogP contribution in [0.5, 0.6) is 11.5 Å². The van der Waals surface area contributed by atoms with E-state index in [1.165, 1.54) is 14.2 Å². The zero-order valence-electron chi connectivity index (χ0n) is 24.1. The summed E-state index contributed by atoms with van der Waals surface area (Å²) in [5, 5.41) is 6.68. The predicted octanol–water partition coefficient (Wildman–Crippen LogP) is 5.65. The van der Waals surface area contributed by atoms with Gasteiger partial charge in [-0.1, -0.05) is 13.2 Å². The molecule has 0 bridgehead atoms. The Kier molecular flexibility index (Phi) is 7.43. The van der Waals surface area contributed by atoms with E-state index < -0.39 is 22.7 Å². The number of hydrogen-bond acceptors (Lipinski definition) is 8. The second-order valence-electron chi connectivity index (χ2n) is 10.8. The first-order chi connectivity index (χ1) is 20.8. The number of morpholine rings is 1. The molecule has 0 radical (unpaired) electrons. The summed E-state index contributed by atoms with van der Waals surface area (Å²) < 4.78 is 46.5. The first kappa shape index (κ1) is 28.5. The minimum atomic E-state index is -0.957. The van der Waals surface area contributed by atoms with Crippen LogP contribution in [0.15, 0.2) is 61.5 Å². The molecule has 1 saturated heterocycles. The third-order valence-electron chi connectivity index (χ3n) is 8.24. The van der Waals surface area contributed by atoms with Crippen LogP contribution in [0.3, 0.4) is 0 Å². The molecule has 1 spiro atoms. The average molecular weight is 590 g/mol. The summed E-state index contributed by atoms with van der Waals surface area (Å²) in [5.74, 6) is -2.17. The summed E-state index contributed by atoms with van der Waals surface area (Å²) in [5.41, 5.74) is 3.34. The molecule has 1 saturated carbocycles. The zero-order chi connectivity index (χ0) is 30.3. The van der Waals surface area contributed by atoms with Crippen molar-refractivity contribution in [3.05, 3.63) is 84.2 Å². The lowest BCUT2D eigenvalue weighted by Gasteiger charge is -2.35. The van der Waals surface area contributed by atoms with Gasteiger partial charge in [-0.3, -0.25) is 4.79 Å². The number of benzene rings is 2. The molecule has 6 rings (SSSR count). The van der Waals surface area contributed by atoms with Crippen LogP contribution in [0.2, 0.25) is 0 Å². The Morgan fingerprint density at radius 2 is 1.77 bits per heavy atom. The SMILES string of the molecule is C=CC(=C)Nc1ccc(N2CCOCC2)cc1Nc1cc2c(cn1)CN(c1c(F)c(OC)cc(OC)c1F)C(=O)C21CC1. The van der Waals surface area contributed by atoms with E-state index >= 15 is 8.78 Å². The number of anilines is 5. The Morgan fingerprint density at radius 3 is 2.40 bits per heavy atom. The second-order valence-corrected chi connectivity index (χ2v) is 10.8. The van der Waals surface area contributed by atoms with Crippen molar-refractivity contribution >= 4 is 34.5 Å². The van der Waals surface area contributed by atoms with Crippen molar-refractivity contribution in [3.8, 4) is 11.5 Å². The molecule has 1 aliphatic carbocycles. The van der Waals surface area contributed by atoms with Gasteiger partial charge < -0.3 is 34.6 Å². The van der Waals surface area contributed by atoms with E-state index in [9.17, 15) is 4.79 Å². The van der Waals surface area contributed by atoms with Gasteiger partial charge in [0.1, 0.15) is 11.5 Å². The lowest BCUT2D eigenvalue weighted by molar-refractivity contribution is -0.121. The van der Waals surface area contributed by atoms with Crippen LogP contribution in [0.1, 0.15) is 24.0 Å². The maximum absolute atomic E-state index is 15.4. The molecule has 3 heterocycles. The minimum absolute atomic E-state index is 0.0498. The number of allylic oxidation sites excluding steroid dienone is 1. The quantitative estimate of drug-likeness (QED) is 0.310. The van der Waals surface area contributed by atoms with Gasteiger partial charge in [0, 0.05) is 36.7 Å². The molecule has 2 aromatic carbocycles. The summed E-state index contributed by atoms with van der Waals surface area (Å²) in [6, 6.07) is 9.03. The van der Waals surface area contributed by atoms with Crippen LogP contribution in [0.4, 0.5) is 37.3 Å². The summed E-state index contributed by atoms with van der Waals surface area (Å²) in [4.78, 5) is 21.9. The Labute approximate surface area is 248 Å². The Hall–Kier alpha value is -4.64. The predicted molar refractivity (Wildman–Crippen MR) is 162 cm³/mol. The van der Waals surface area contributed by atoms with Gasteiger partial charge in [-0.2, -0.15) is 0 Å². The molecular formula is C32H33F2N5O4. The molecule has 1 aromatic heterocycles. The van der Waals surface area contributed by atoms with Crippen LogP contribution >= 0.6 is 0 Å². The molecule has 11 heteroatoms. The molecule has 43 heavy (non-hydrogen) atoms. The first-order valence-electron chi connectivity index (χ1n) is 14.0. The molecule has 0 unspecified atom stereocenters. The maximum atomic E-state index is 15.4. The molecular weight excluding hydrogens is 556 g/mol. The van der Waals surface area contributed by atoms with Gasteiger partial charge in [0.25, 0.3) is 0 Å². The number of halogens is 2. The van der Waals surface area contributed by atoms with Crippen LogP contribution < -0.4 is 29.9 Å². The molecule has 3 aliphatic rings. The van der Waals surface area contributed by atoms with Crippen molar-refractivity contribution < 1.29 is 27.8 Å². The molecule has 224 valence electrons. The fraction of sp³-hybridized carbons (Fsp3) is 0.312. The van der Waals surface area contributed by atoms with Gasteiger partial charge >= 0.3 is 0 Å². The van der Waals surface area contributed by atoms with E-state index in [4.69, 9.17) is 14.2 Å². The second kappa shape index (κ2) is 11.2. The maximum Gasteiger partial charge on any atom is 0.238 e. The fourth-order valence-electron chi connectivity index (χ4n) is 5.76. The molecule has 2 N–H and O–H groups in total. The summed E-state index contributed by atoms with van der Waals surface area (Å²) in [6.45, 7) is 10.6. The summed E-state index contributed by atoms with van der Waals surface area (Å²) in [7, 11) is 2.55. The smallest absolute Gasteiger partial charge is 0.238 e. The topological polar surface area (TPSA) is 88.2 Å². The minimum Gasteiger partial charge on any atom is -0.493 e. The molecule has 0 atom stereocenters. The number of fused-ring (bicyclic) bond motifs is 2. The highest BCUT2D eigenvalue weighted by atomic mass is 19.1. The van der Waals surface area contributed by atoms with Crippen LogP contribution in [0.25, 0.3) is 0 Å². The van der Waals surface area contributed by atoms with Gasteiger partial charge in [-0.25, -0.2) is 13.8 Å². The summed E-state index contributed by atoms with van der Waals surface area (Å²) >= 11 is 0. The highest BCUT2D eigenvalue weighted by Crippen LogP contribution is 2.55. The first-order valence-corrected chi connectivity index (χ1v) is 14.0. The van der Waals surface area contributed by atoms with Crippen molar-refractivity contribution in [3.63, 3.8) is 0 Å². The third-order valence-corrected chi connectivity index (χ3v) is 8.24. The van der Waals surface area contributed by atoms with Gasteiger partial charge in [-0.15, -0.1) is 0 Å². The van der Waals surface area contributed by atoms with Crippen LogP contribution in [-0.4, -0.2) is 51.4 Å². The number of carbonyl (C=O) groups is 1. The standard InChI is InChI=1S/C32H33F2N5O4/c1-5-19(2)36-23-7-6-21(38-10-12-43-13-11-38)14-24(23)37-27-15-22-20(17-35-27)18-39(31(40)32(22)8-9-32)30-28(33)25(41-3)16-26(42-4)29(30)34/h5-7,14-17,36H,1-2,8-13,18H2,3-4H3,(H,35,37). The molecule has 9 nitrogen and oxygen atoms in total. The third kappa shape index (κ3) is 5.03. The average Bonchev–Trinajstić information content (AvgIpc) is 3.83. The van der Waals surface area contributed by atoms with Crippen molar-refractivity contribution in [2.75, 3.05) is 61.0 Å². The van der Waals surface area contributed by atoms with Gasteiger partial charge in [-0.05, 0) is 54.3 Å². The van der Waals surface area contributed by atoms with Crippen LogP contribution in [-0.2, 0) is 21.5 Å². The number of methoxy groups -OCH3 is 2. The van der Waals surface area contributed by atoms with Crippen molar-refractivity contribution in [2.24, 2.45) is 0 Å². The number of pyridine rings is 1. The largest absolute Gasteiger partial charge is 0.493 e. The Bertz CT molecular complexity index is 1590. The Morgan fingerprint density at radius 1 is 1.07 bits per heavy atom. The van der Waals surface area contributed by atoms with E-state index in [0.717, 1.165) is 46.7 Å². The highest BCUT2D eigenvalue weighted by Gasteiger charge is 2.57.